The molecule has 1 aromatic heterocycles. The van der Waals surface area contributed by atoms with E-state index in [1.165, 1.54) is 0 Å². The first kappa shape index (κ1) is 17.0. The summed E-state index contributed by atoms with van der Waals surface area (Å²) in [4.78, 5) is 16.4. The molecule has 0 radical (unpaired) electrons. The van der Waals surface area contributed by atoms with Gasteiger partial charge >= 0.3 is 6.03 Å². The van der Waals surface area contributed by atoms with Crippen LogP contribution in [0.3, 0.4) is 0 Å². The SMILES string of the molecule is CC(CO)(NC(=O)Nc1cccc(C#Cc2ccccn2)c1)C1CC1. The highest BCUT2D eigenvalue weighted by Gasteiger charge is 2.42. The number of pyridine rings is 1. The quantitative estimate of drug-likeness (QED) is 0.752. The van der Waals surface area contributed by atoms with Gasteiger partial charge in [-0.05, 0) is 61.9 Å². The molecule has 1 heterocycles. The molecule has 3 rings (SSSR count). The number of nitrogens with zero attached hydrogens (tertiary/aromatic N) is 1. The van der Waals surface area contributed by atoms with Crippen molar-refractivity contribution in [3.63, 3.8) is 0 Å². The zero-order chi connectivity index (χ0) is 17.7. The molecule has 128 valence electrons. The van der Waals surface area contributed by atoms with Gasteiger partial charge in [0.05, 0.1) is 12.1 Å². The molecule has 1 saturated carbocycles. The number of rotatable bonds is 4. The molecule has 1 atom stereocenters. The zero-order valence-electron chi connectivity index (χ0n) is 14.1. The minimum Gasteiger partial charge on any atom is -0.394 e. The lowest BCUT2D eigenvalue weighted by Crippen LogP contribution is -2.52. The Morgan fingerprint density at radius 3 is 2.80 bits per heavy atom. The summed E-state index contributed by atoms with van der Waals surface area (Å²) in [6.45, 7) is 1.81. The summed E-state index contributed by atoms with van der Waals surface area (Å²) in [7, 11) is 0. The zero-order valence-corrected chi connectivity index (χ0v) is 14.1. The Labute approximate surface area is 147 Å². The predicted molar refractivity (Wildman–Crippen MR) is 97.0 cm³/mol. The van der Waals surface area contributed by atoms with Crippen LogP contribution in [0.5, 0.6) is 0 Å². The van der Waals surface area contributed by atoms with Gasteiger partial charge in [-0.1, -0.05) is 18.1 Å². The summed E-state index contributed by atoms with van der Waals surface area (Å²) < 4.78 is 0. The van der Waals surface area contributed by atoms with Crippen molar-refractivity contribution < 1.29 is 9.90 Å². The number of aliphatic hydroxyl groups excluding tert-OH is 1. The van der Waals surface area contributed by atoms with Crippen LogP contribution in [0.15, 0.2) is 48.7 Å². The number of hydrogen-bond donors (Lipinski definition) is 3. The van der Waals surface area contributed by atoms with E-state index in [0.29, 0.717) is 17.3 Å². The Morgan fingerprint density at radius 1 is 1.28 bits per heavy atom. The first-order valence-electron chi connectivity index (χ1n) is 8.32. The highest BCUT2D eigenvalue weighted by molar-refractivity contribution is 5.90. The van der Waals surface area contributed by atoms with E-state index in [2.05, 4.69) is 27.5 Å². The topological polar surface area (TPSA) is 74.2 Å². The van der Waals surface area contributed by atoms with Crippen LogP contribution in [0.25, 0.3) is 0 Å². The van der Waals surface area contributed by atoms with Crippen molar-refractivity contribution in [1.29, 1.82) is 0 Å². The van der Waals surface area contributed by atoms with Crippen molar-refractivity contribution in [2.75, 3.05) is 11.9 Å². The molecule has 25 heavy (non-hydrogen) atoms. The maximum absolute atomic E-state index is 12.2. The third-order valence-corrected chi connectivity index (χ3v) is 4.33. The molecule has 0 spiro atoms. The molecule has 1 aliphatic carbocycles. The van der Waals surface area contributed by atoms with E-state index in [0.717, 1.165) is 18.4 Å². The fourth-order valence-electron chi connectivity index (χ4n) is 2.66. The first-order chi connectivity index (χ1) is 12.1. The summed E-state index contributed by atoms with van der Waals surface area (Å²) in [6, 6.07) is 12.6. The van der Waals surface area contributed by atoms with E-state index in [1.807, 2.05) is 43.3 Å². The van der Waals surface area contributed by atoms with Crippen molar-refractivity contribution in [1.82, 2.24) is 10.3 Å². The maximum atomic E-state index is 12.2. The second-order valence-corrected chi connectivity index (χ2v) is 6.47. The van der Waals surface area contributed by atoms with E-state index in [9.17, 15) is 9.90 Å². The van der Waals surface area contributed by atoms with Crippen LogP contribution in [0.1, 0.15) is 31.0 Å². The molecule has 0 saturated heterocycles. The van der Waals surface area contributed by atoms with Gasteiger partial charge < -0.3 is 15.7 Å². The lowest BCUT2D eigenvalue weighted by atomic mass is 9.97. The molecule has 3 N–H and O–H groups in total. The van der Waals surface area contributed by atoms with Crippen molar-refractivity contribution >= 4 is 11.7 Å². The normalized spacial score (nSPS) is 15.4. The fraction of sp³-hybridized carbons (Fsp3) is 0.300. The number of carbonyl (C=O) groups excluding carboxylic acids is 1. The molecular weight excluding hydrogens is 314 g/mol. The van der Waals surface area contributed by atoms with Gasteiger partial charge in [-0.2, -0.15) is 0 Å². The van der Waals surface area contributed by atoms with Crippen LogP contribution in [0.2, 0.25) is 0 Å². The molecule has 1 aliphatic rings. The molecule has 2 aromatic rings. The molecule has 5 nitrogen and oxygen atoms in total. The fourth-order valence-corrected chi connectivity index (χ4v) is 2.66. The van der Waals surface area contributed by atoms with Crippen LogP contribution in [-0.4, -0.2) is 28.3 Å². The third-order valence-electron chi connectivity index (χ3n) is 4.33. The number of aromatic nitrogens is 1. The van der Waals surface area contributed by atoms with Crippen LogP contribution in [-0.2, 0) is 0 Å². The number of aliphatic hydroxyl groups is 1. The average Bonchev–Trinajstić information content (AvgIpc) is 3.46. The largest absolute Gasteiger partial charge is 0.394 e. The van der Waals surface area contributed by atoms with E-state index >= 15 is 0 Å². The number of anilines is 1. The molecule has 5 heteroatoms. The second-order valence-electron chi connectivity index (χ2n) is 6.47. The number of carbonyl (C=O) groups is 1. The summed E-state index contributed by atoms with van der Waals surface area (Å²) in [6.07, 6.45) is 3.77. The monoisotopic (exact) mass is 335 g/mol. The molecule has 0 bridgehead atoms. The molecule has 1 unspecified atom stereocenters. The molecule has 0 aliphatic heterocycles. The van der Waals surface area contributed by atoms with Crippen LogP contribution < -0.4 is 10.6 Å². The second kappa shape index (κ2) is 7.37. The van der Waals surface area contributed by atoms with Gasteiger partial charge in [-0.15, -0.1) is 0 Å². The van der Waals surface area contributed by atoms with Gasteiger partial charge in [0.15, 0.2) is 0 Å². The van der Waals surface area contributed by atoms with Gasteiger partial charge in [0.25, 0.3) is 0 Å². The Bertz CT molecular complexity index is 806. The number of urea groups is 1. The predicted octanol–water partition coefficient (Wildman–Crippen LogP) is 2.76. The number of amides is 2. The first-order valence-corrected chi connectivity index (χ1v) is 8.32. The summed E-state index contributed by atoms with van der Waals surface area (Å²) >= 11 is 0. The standard InChI is InChI=1S/C20H21N3O2/c1-20(14-24,16-9-10-16)23-19(25)22-18-7-4-5-15(13-18)8-11-17-6-2-3-12-21-17/h2-7,12-13,16,24H,9-10,14H2,1H3,(H2,22,23,25). The van der Waals surface area contributed by atoms with Crippen molar-refractivity contribution in [3.05, 3.63) is 59.9 Å². The highest BCUT2D eigenvalue weighted by Crippen LogP contribution is 2.39. The van der Waals surface area contributed by atoms with Crippen molar-refractivity contribution in [2.45, 2.75) is 25.3 Å². The minimum absolute atomic E-state index is 0.0688. The average molecular weight is 335 g/mol. The Morgan fingerprint density at radius 2 is 2.12 bits per heavy atom. The summed E-state index contributed by atoms with van der Waals surface area (Å²) in [5.74, 6) is 6.37. The Kier molecular flexibility index (Phi) is 5.01. The van der Waals surface area contributed by atoms with Gasteiger partial charge in [0.2, 0.25) is 0 Å². The third kappa shape index (κ3) is 4.59. The van der Waals surface area contributed by atoms with Gasteiger partial charge in [-0.25, -0.2) is 9.78 Å². The molecule has 1 fully saturated rings. The summed E-state index contributed by atoms with van der Waals surface area (Å²) in [5, 5.41) is 15.3. The summed E-state index contributed by atoms with van der Waals surface area (Å²) in [5.41, 5.74) is 1.57. The number of benzene rings is 1. The van der Waals surface area contributed by atoms with Crippen LogP contribution >= 0.6 is 0 Å². The number of nitrogens with one attached hydrogen (secondary N) is 2. The van der Waals surface area contributed by atoms with Gasteiger partial charge in [0.1, 0.15) is 5.69 Å². The van der Waals surface area contributed by atoms with Crippen LogP contribution in [0.4, 0.5) is 10.5 Å². The molecular formula is C20H21N3O2. The van der Waals surface area contributed by atoms with Crippen LogP contribution in [0, 0.1) is 17.8 Å². The Balaban J connectivity index is 1.65. The Hall–Kier alpha value is -2.84. The smallest absolute Gasteiger partial charge is 0.319 e. The number of hydrogen-bond acceptors (Lipinski definition) is 3. The molecule has 1 aromatic carbocycles. The minimum atomic E-state index is -0.569. The molecule has 2 amide bonds. The van der Waals surface area contributed by atoms with Gasteiger partial charge in [0, 0.05) is 17.4 Å². The van der Waals surface area contributed by atoms with E-state index in [4.69, 9.17) is 0 Å². The maximum Gasteiger partial charge on any atom is 0.319 e. The van der Waals surface area contributed by atoms with Crippen molar-refractivity contribution in [2.24, 2.45) is 5.92 Å². The van der Waals surface area contributed by atoms with E-state index < -0.39 is 5.54 Å². The van der Waals surface area contributed by atoms with Crippen molar-refractivity contribution in [3.8, 4) is 11.8 Å². The van der Waals surface area contributed by atoms with E-state index in [-0.39, 0.29) is 12.6 Å². The lowest BCUT2D eigenvalue weighted by Gasteiger charge is -2.28. The van der Waals surface area contributed by atoms with E-state index in [1.54, 1.807) is 12.3 Å². The lowest BCUT2D eigenvalue weighted by molar-refractivity contribution is 0.159. The van der Waals surface area contributed by atoms with Gasteiger partial charge in [-0.3, -0.25) is 0 Å². The highest BCUT2D eigenvalue weighted by atomic mass is 16.3.